The number of rotatable bonds is 8. The lowest BCUT2D eigenvalue weighted by Crippen LogP contribution is -2.41. The lowest BCUT2D eigenvalue weighted by atomic mass is 9.88. The molecule has 3 heterocycles. The molecule has 190 valence electrons. The van der Waals surface area contributed by atoms with E-state index in [1.165, 1.54) is 38.7 Å². The second kappa shape index (κ2) is 9.85. The van der Waals surface area contributed by atoms with Gasteiger partial charge < -0.3 is 24.3 Å². The van der Waals surface area contributed by atoms with Gasteiger partial charge in [-0.25, -0.2) is 0 Å². The first-order valence-electron chi connectivity index (χ1n) is 13.1. The Balaban J connectivity index is 1.58. The minimum absolute atomic E-state index is 0.279. The summed E-state index contributed by atoms with van der Waals surface area (Å²) in [5.41, 5.74) is 7.36. The summed E-state index contributed by atoms with van der Waals surface area (Å²) < 4.78 is 25.1. The molecule has 4 aromatic rings. The topological polar surface area (TPSA) is 52.8 Å². The summed E-state index contributed by atoms with van der Waals surface area (Å²) in [6.45, 7) is 4.30. The highest BCUT2D eigenvalue weighted by Gasteiger charge is 2.32. The molecular formula is C31H33N2O4+. The maximum atomic E-state index is 5.80. The van der Waals surface area contributed by atoms with Crippen molar-refractivity contribution >= 4 is 16.5 Å². The fraction of sp³-hybridized carbons (Fsp3) is 0.323. The quantitative estimate of drug-likeness (QED) is 0.243. The third kappa shape index (κ3) is 4.20. The van der Waals surface area contributed by atoms with Gasteiger partial charge in [0.05, 0.1) is 30.9 Å². The van der Waals surface area contributed by atoms with Gasteiger partial charge in [-0.05, 0) is 53.9 Å². The normalized spacial score (nSPS) is 13.3. The Morgan fingerprint density at radius 2 is 1.76 bits per heavy atom. The van der Waals surface area contributed by atoms with E-state index in [0.29, 0.717) is 0 Å². The van der Waals surface area contributed by atoms with Gasteiger partial charge in [0.25, 0.3) is 0 Å². The zero-order chi connectivity index (χ0) is 25.4. The first-order chi connectivity index (χ1) is 18.2. The number of nitrogens with one attached hydrogen (secondary N) is 1. The van der Waals surface area contributed by atoms with Crippen molar-refractivity contribution in [3.05, 3.63) is 71.4 Å². The molecule has 0 atom stereocenters. The zero-order valence-electron chi connectivity index (χ0n) is 21.7. The van der Waals surface area contributed by atoms with Crippen LogP contribution in [0.15, 0.2) is 54.7 Å². The third-order valence-corrected chi connectivity index (χ3v) is 7.46. The smallest absolute Gasteiger partial charge is 0.231 e. The van der Waals surface area contributed by atoms with E-state index in [1.807, 2.05) is 12.1 Å². The van der Waals surface area contributed by atoms with Crippen LogP contribution >= 0.6 is 0 Å². The first-order valence-corrected chi connectivity index (χ1v) is 13.1. The number of anilines is 1. The van der Waals surface area contributed by atoms with E-state index < -0.39 is 0 Å². The van der Waals surface area contributed by atoms with E-state index in [0.717, 1.165) is 67.5 Å². The van der Waals surface area contributed by atoms with E-state index in [1.54, 1.807) is 14.2 Å². The van der Waals surface area contributed by atoms with Crippen molar-refractivity contribution in [2.24, 2.45) is 0 Å². The van der Waals surface area contributed by atoms with Gasteiger partial charge in [-0.15, -0.1) is 0 Å². The average molecular weight is 498 g/mol. The van der Waals surface area contributed by atoms with Crippen molar-refractivity contribution in [3.63, 3.8) is 0 Å². The Hall–Kier alpha value is -3.93. The molecule has 0 radical (unpaired) electrons. The number of aryl methyl sites for hydroxylation is 2. The van der Waals surface area contributed by atoms with Crippen LogP contribution in [0.5, 0.6) is 23.0 Å². The number of hydrogen-bond acceptors (Lipinski definition) is 5. The second-order valence-electron chi connectivity index (χ2n) is 9.67. The van der Waals surface area contributed by atoms with Crippen LogP contribution in [-0.2, 0) is 19.4 Å². The fourth-order valence-electron chi connectivity index (χ4n) is 5.53. The van der Waals surface area contributed by atoms with Crippen molar-refractivity contribution in [2.45, 2.75) is 39.2 Å². The highest BCUT2D eigenvalue weighted by Crippen LogP contribution is 2.43. The van der Waals surface area contributed by atoms with Crippen LogP contribution in [0.1, 0.15) is 36.5 Å². The highest BCUT2D eigenvalue weighted by molar-refractivity contribution is 6.00. The molecule has 0 saturated heterocycles. The molecule has 0 unspecified atom stereocenters. The van der Waals surface area contributed by atoms with E-state index >= 15 is 0 Å². The Morgan fingerprint density at radius 3 is 2.51 bits per heavy atom. The molecule has 0 amide bonds. The highest BCUT2D eigenvalue weighted by atomic mass is 16.7. The summed E-state index contributed by atoms with van der Waals surface area (Å²) in [5, 5.41) is 6.10. The van der Waals surface area contributed by atoms with Crippen LogP contribution in [0.4, 0.5) is 5.69 Å². The molecule has 37 heavy (non-hydrogen) atoms. The zero-order valence-corrected chi connectivity index (χ0v) is 21.7. The summed E-state index contributed by atoms with van der Waals surface area (Å²) in [6, 6.07) is 17.0. The van der Waals surface area contributed by atoms with E-state index in [-0.39, 0.29) is 6.79 Å². The molecule has 2 aliphatic heterocycles. The molecule has 1 aromatic heterocycles. The van der Waals surface area contributed by atoms with Crippen molar-refractivity contribution < 1.29 is 23.5 Å². The Labute approximate surface area is 217 Å². The first kappa shape index (κ1) is 23.5. The molecule has 6 rings (SSSR count). The van der Waals surface area contributed by atoms with Crippen LogP contribution < -0.4 is 28.8 Å². The lowest BCUT2D eigenvalue weighted by Gasteiger charge is -2.22. The van der Waals surface area contributed by atoms with Gasteiger partial charge >= 0.3 is 0 Å². The average Bonchev–Trinajstić information content (AvgIpc) is 3.39. The van der Waals surface area contributed by atoms with Gasteiger partial charge in [0.1, 0.15) is 11.5 Å². The molecule has 6 heteroatoms. The largest absolute Gasteiger partial charge is 0.497 e. The lowest BCUT2D eigenvalue weighted by molar-refractivity contribution is -0.686. The Kier molecular flexibility index (Phi) is 6.25. The maximum absolute atomic E-state index is 5.80. The SMILES string of the molecule is CCCCNc1c(OC)ccc2c(Cc3ccc(OC)cc3)c3[n+](cc12)CCc1cc2c(cc1-3)OCO2. The summed E-state index contributed by atoms with van der Waals surface area (Å²) in [4.78, 5) is 0. The van der Waals surface area contributed by atoms with Crippen LogP contribution in [0.3, 0.4) is 0 Å². The minimum Gasteiger partial charge on any atom is -0.497 e. The van der Waals surface area contributed by atoms with Gasteiger partial charge in [-0.1, -0.05) is 25.5 Å². The molecule has 1 N–H and O–H groups in total. The van der Waals surface area contributed by atoms with Crippen LogP contribution in [0, 0.1) is 0 Å². The summed E-state index contributed by atoms with van der Waals surface area (Å²) in [7, 11) is 3.45. The summed E-state index contributed by atoms with van der Waals surface area (Å²) in [6.07, 6.45) is 6.29. The molecule has 0 aliphatic carbocycles. The van der Waals surface area contributed by atoms with Crippen molar-refractivity contribution in [1.82, 2.24) is 0 Å². The number of benzene rings is 3. The van der Waals surface area contributed by atoms with Gasteiger partial charge in [-0.3, -0.25) is 0 Å². The monoisotopic (exact) mass is 497 g/mol. The van der Waals surface area contributed by atoms with Crippen molar-refractivity contribution in [1.29, 1.82) is 0 Å². The van der Waals surface area contributed by atoms with E-state index in [9.17, 15) is 0 Å². The van der Waals surface area contributed by atoms with Gasteiger partial charge in [0, 0.05) is 30.3 Å². The summed E-state index contributed by atoms with van der Waals surface area (Å²) >= 11 is 0. The number of hydrogen-bond donors (Lipinski definition) is 1. The standard InChI is InChI=1S/C31H32N2O4/c1-4-5-13-32-30-26-18-33-14-12-21-16-28-29(37-19-36-28)17-24(21)31(33)25(23(26)10-11-27(30)35-3)15-20-6-8-22(34-2)9-7-20/h6-11,16-18H,4-5,12-15,19H2,1-3H3/p+1. The number of ether oxygens (including phenoxy) is 4. The molecule has 0 bridgehead atoms. The number of nitrogens with zero attached hydrogens (tertiary/aromatic N) is 1. The van der Waals surface area contributed by atoms with E-state index in [4.69, 9.17) is 18.9 Å². The van der Waals surface area contributed by atoms with Crippen LogP contribution in [0.25, 0.3) is 22.0 Å². The van der Waals surface area contributed by atoms with Crippen LogP contribution in [0.2, 0.25) is 0 Å². The number of unbranched alkanes of at least 4 members (excludes halogenated alkanes) is 1. The van der Waals surface area contributed by atoms with Gasteiger partial charge in [-0.2, -0.15) is 4.57 Å². The Morgan fingerprint density at radius 1 is 0.946 bits per heavy atom. The Bertz CT molecular complexity index is 1460. The van der Waals surface area contributed by atoms with Crippen molar-refractivity contribution in [2.75, 3.05) is 32.9 Å². The number of fused-ring (bicyclic) bond motifs is 5. The summed E-state index contributed by atoms with van der Waals surface area (Å²) in [5.74, 6) is 3.40. The predicted octanol–water partition coefficient (Wildman–Crippen LogP) is 5.90. The van der Waals surface area contributed by atoms with Crippen LogP contribution in [-0.4, -0.2) is 27.6 Å². The van der Waals surface area contributed by atoms with Gasteiger partial charge in [0.15, 0.2) is 24.2 Å². The predicted molar refractivity (Wildman–Crippen MR) is 145 cm³/mol. The fourth-order valence-corrected chi connectivity index (χ4v) is 5.53. The number of aromatic nitrogens is 1. The van der Waals surface area contributed by atoms with E-state index in [2.05, 4.69) is 59.4 Å². The molecule has 0 fully saturated rings. The molecular weight excluding hydrogens is 464 g/mol. The second-order valence-corrected chi connectivity index (χ2v) is 9.67. The molecule has 0 spiro atoms. The molecule has 6 nitrogen and oxygen atoms in total. The molecule has 3 aromatic carbocycles. The maximum Gasteiger partial charge on any atom is 0.231 e. The molecule has 0 saturated carbocycles. The number of pyridine rings is 1. The molecule has 2 aliphatic rings. The third-order valence-electron chi connectivity index (χ3n) is 7.46. The number of methoxy groups -OCH3 is 2. The minimum atomic E-state index is 0.279. The van der Waals surface area contributed by atoms with Crippen molar-refractivity contribution in [3.8, 4) is 34.3 Å². The van der Waals surface area contributed by atoms with Gasteiger partial charge in [0.2, 0.25) is 12.5 Å².